The Hall–Kier alpha value is -3.74. The summed E-state index contributed by atoms with van der Waals surface area (Å²) in [4.78, 5) is 13.0. The van der Waals surface area contributed by atoms with Crippen molar-refractivity contribution in [3.63, 3.8) is 0 Å². The van der Waals surface area contributed by atoms with Gasteiger partial charge in [0.1, 0.15) is 11.6 Å². The number of halogens is 2. The molecular weight excluding hydrogens is 386 g/mol. The lowest BCUT2D eigenvalue weighted by Gasteiger charge is -2.19. The molecule has 4 rings (SSSR count). The van der Waals surface area contributed by atoms with Gasteiger partial charge in [0.2, 0.25) is 0 Å². The molecular formula is C23H20F2N4O. The molecule has 0 aliphatic rings. The van der Waals surface area contributed by atoms with Gasteiger partial charge in [-0.2, -0.15) is 0 Å². The van der Waals surface area contributed by atoms with E-state index in [1.807, 2.05) is 30.1 Å². The Morgan fingerprint density at radius 2 is 1.97 bits per heavy atom. The van der Waals surface area contributed by atoms with Gasteiger partial charge in [-0.25, -0.2) is 8.78 Å². The Kier molecular flexibility index (Phi) is 5.43. The van der Waals surface area contributed by atoms with Crippen molar-refractivity contribution in [1.82, 2.24) is 9.97 Å². The molecule has 0 spiro atoms. The number of aromatic nitrogens is 2. The number of rotatable bonds is 6. The first-order chi connectivity index (χ1) is 14.5. The van der Waals surface area contributed by atoms with Crippen molar-refractivity contribution in [1.29, 1.82) is 0 Å². The van der Waals surface area contributed by atoms with Gasteiger partial charge in [-0.3, -0.25) is 9.98 Å². The van der Waals surface area contributed by atoms with E-state index in [2.05, 4.69) is 15.0 Å². The van der Waals surface area contributed by atoms with Crippen LogP contribution in [-0.4, -0.2) is 34.9 Å². The number of aromatic hydroxyl groups is 1. The largest absolute Gasteiger partial charge is 0.494 e. The fourth-order valence-corrected chi connectivity index (χ4v) is 3.31. The van der Waals surface area contributed by atoms with E-state index >= 15 is 0 Å². The summed E-state index contributed by atoms with van der Waals surface area (Å²) < 4.78 is 28.8. The van der Waals surface area contributed by atoms with Crippen molar-refractivity contribution in [3.8, 4) is 5.88 Å². The zero-order chi connectivity index (χ0) is 21.1. The molecule has 0 saturated heterocycles. The number of aromatic amines is 1. The molecule has 5 nitrogen and oxygen atoms in total. The van der Waals surface area contributed by atoms with E-state index in [1.165, 1.54) is 18.3 Å². The molecule has 0 saturated carbocycles. The number of H-pyrrole nitrogens is 1. The number of nitrogens with zero attached hydrogens (tertiary/aromatic N) is 3. The smallest absolute Gasteiger partial charge is 0.198 e. The lowest BCUT2D eigenvalue weighted by molar-refractivity contribution is 0.457. The van der Waals surface area contributed by atoms with Crippen LogP contribution in [0.2, 0.25) is 0 Å². The van der Waals surface area contributed by atoms with E-state index in [4.69, 9.17) is 0 Å². The number of likely N-dealkylation sites (N-methyl/N-ethyl adjacent to an activating group) is 1. The molecule has 7 heteroatoms. The van der Waals surface area contributed by atoms with Crippen LogP contribution >= 0.6 is 0 Å². The normalized spacial score (nSPS) is 11.4. The van der Waals surface area contributed by atoms with Crippen LogP contribution in [0.15, 0.2) is 65.8 Å². The monoisotopic (exact) mass is 406 g/mol. The minimum Gasteiger partial charge on any atom is -0.494 e. The molecule has 30 heavy (non-hydrogen) atoms. The van der Waals surface area contributed by atoms with Gasteiger partial charge in [-0.05, 0) is 36.4 Å². The summed E-state index contributed by atoms with van der Waals surface area (Å²) in [6.45, 7) is 0.610. The summed E-state index contributed by atoms with van der Waals surface area (Å²) in [5.41, 5.74) is 2.44. The first-order valence-corrected chi connectivity index (χ1v) is 9.47. The van der Waals surface area contributed by atoms with Gasteiger partial charge in [0.05, 0.1) is 22.5 Å². The SMILES string of the molecule is CN(CCc1ccccn1)c1ccc(N=Cc2c(O)[nH]c3cccc(F)c23)cc1F. The van der Waals surface area contributed by atoms with E-state index in [0.29, 0.717) is 29.9 Å². The number of nitrogens with one attached hydrogen (secondary N) is 1. The van der Waals surface area contributed by atoms with Gasteiger partial charge >= 0.3 is 0 Å². The Morgan fingerprint density at radius 3 is 2.73 bits per heavy atom. The van der Waals surface area contributed by atoms with Crippen LogP contribution < -0.4 is 4.90 Å². The van der Waals surface area contributed by atoms with Gasteiger partial charge in [-0.15, -0.1) is 0 Å². The number of aliphatic imine (C=N–C) groups is 1. The molecule has 2 aromatic carbocycles. The number of hydrogen-bond donors (Lipinski definition) is 2. The second kappa shape index (κ2) is 8.32. The van der Waals surface area contributed by atoms with Crippen LogP contribution in [0.4, 0.5) is 20.2 Å². The molecule has 2 heterocycles. The summed E-state index contributed by atoms with van der Waals surface area (Å²) >= 11 is 0. The van der Waals surface area contributed by atoms with Crippen LogP contribution in [0.25, 0.3) is 10.9 Å². The number of fused-ring (bicyclic) bond motifs is 1. The lowest BCUT2D eigenvalue weighted by Crippen LogP contribution is -2.21. The Balaban J connectivity index is 1.52. The van der Waals surface area contributed by atoms with E-state index in [0.717, 1.165) is 5.69 Å². The molecule has 0 bridgehead atoms. The van der Waals surface area contributed by atoms with E-state index in [9.17, 15) is 13.9 Å². The fraction of sp³-hybridized carbons (Fsp3) is 0.130. The van der Waals surface area contributed by atoms with Crippen LogP contribution in [0.5, 0.6) is 5.88 Å². The first kappa shape index (κ1) is 19.6. The summed E-state index contributed by atoms with van der Waals surface area (Å²) in [7, 11) is 1.82. The Bertz CT molecular complexity index is 1200. The third kappa shape index (κ3) is 4.00. The van der Waals surface area contributed by atoms with Crippen molar-refractivity contribution < 1.29 is 13.9 Å². The van der Waals surface area contributed by atoms with Crippen molar-refractivity contribution in [2.45, 2.75) is 6.42 Å². The van der Waals surface area contributed by atoms with Crippen molar-refractivity contribution in [2.24, 2.45) is 4.99 Å². The summed E-state index contributed by atoms with van der Waals surface area (Å²) in [6.07, 6.45) is 3.76. The Morgan fingerprint density at radius 1 is 1.10 bits per heavy atom. The predicted octanol–water partition coefficient (Wildman–Crippen LogP) is 4.98. The molecule has 152 valence electrons. The first-order valence-electron chi connectivity index (χ1n) is 9.47. The minimum atomic E-state index is -0.471. The highest BCUT2D eigenvalue weighted by Gasteiger charge is 2.13. The zero-order valence-corrected chi connectivity index (χ0v) is 16.3. The van der Waals surface area contributed by atoms with Crippen LogP contribution in [0.1, 0.15) is 11.3 Å². The molecule has 2 aromatic heterocycles. The molecule has 0 radical (unpaired) electrons. The summed E-state index contributed by atoms with van der Waals surface area (Å²) in [6, 6.07) is 14.9. The molecule has 4 aromatic rings. The average molecular weight is 406 g/mol. The zero-order valence-electron chi connectivity index (χ0n) is 16.3. The molecule has 0 unspecified atom stereocenters. The van der Waals surface area contributed by atoms with Gasteiger partial charge < -0.3 is 15.0 Å². The second-order valence-corrected chi connectivity index (χ2v) is 6.94. The maximum absolute atomic E-state index is 14.6. The fourth-order valence-electron chi connectivity index (χ4n) is 3.31. The molecule has 0 fully saturated rings. The predicted molar refractivity (Wildman–Crippen MR) is 115 cm³/mol. The maximum atomic E-state index is 14.6. The van der Waals surface area contributed by atoms with Crippen LogP contribution in [0.3, 0.4) is 0 Å². The third-order valence-electron chi connectivity index (χ3n) is 4.91. The third-order valence-corrected chi connectivity index (χ3v) is 4.91. The standard InChI is InChI=1S/C23H20F2N4O/c1-29(12-10-15-5-2-3-11-26-15)21-9-8-16(13-19(21)25)27-14-17-22-18(24)6-4-7-20(22)28-23(17)30/h2-9,11,13-14,28,30H,10,12H2,1H3. The molecule has 0 aliphatic heterocycles. The second-order valence-electron chi connectivity index (χ2n) is 6.94. The number of hydrogen-bond acceptors (Lipinski definition) is 4. The van der Waals surface area contributed by atoms with Crippen molar-refractivity contribution in [3.05, 3.63) is 83.7 Å². The van der Waals surface area contributed by atoms with Crippen LogP contribution in [-0.2, 0) is 6.42 Å². The summed E-state index contributed by atoms with van der Waals surface area (Å²) in [5, 5.41) is 10.3. The highest BCUT2D eigenvalue weighted by Crippen LogP contribution is 2.29. The van der Waals surface area contributed by atoms with E-state index < -0.39 is 11.6 Å². The van der Waals surface area contributed by atoms with Crippen molar-refractivity contribution >= 4 is 28.5 Å². The number of anilines is 1. The van der Waals surface area contributed by atoms with Gasteiger partial charge in [0.15, 0.2) is 5.88 Å². The topological polar surface area (TPSA) is 64.5 Å². The van der Waals surface area contributed by atoms with Gasteiger partial charge in [-0.1, -0.05) is 12.1 Å². The van der Waals surface area contributed by atoms with Crippen LogP contribution in [0, 0.1) is 11.6 Å². The Labute approximate surface area is 172 Å². The highest BCUT2D eigenvalue weighted by molar-refractivity contribution is 6.02. The lowest BCUT2D eigenvalue weighted by atomic mass is 10.1. The van der Waals surface area contributed by atoms with Crippen molar-refractivity contribution in [2.75, 3.05) is 18.5 Å². The summed E-state index contributed by atoms with van der Waals surface area (Å²) in [5.74, 6) is -1.07. The maximum Gasteiger partial charge on any atom is 0.198 e. The quantitative estimate of drug-likeness (QED) is 0.444. The highest BCUT2D eigenvalue weighted by atomic mass is 19.1. The molecule has 0 amide bonds. The van der Waals surface area contributed by atoms with Gasteiger partial charge in [0, 0.05) is 49.6 Å². The average Bonchev–Trinajstić information content (AvgIpc) is 3.07. The molecule has 2 N–H and O–H groups in total. The minimum absolute atomic E-state index is 0.190. The van der Waals surface area contributed by atoms with Gasteiger partial charge in [0.25, 0.3) is 0 Å². The molecule has 0 aliphatic carbocycles. The van der Waals surface area contributed by atoms with E-state index in [-0.39, 0.29) is 16.8 Å². The van der Waals surface area contributed by atoms with E-state index in [1.54, 1.807) is 30.5 Å². The molecule has 0 atom stereocenters. The number of pyridine rings is 1. The number of benzene rings is 2.